The molecule has 0 radical (unpaired) electrons. The fraction of sp³-hybridized carbons (Fsp3) is 0.583. The van der Waals surface area contributed by atoms with Crippen molar-refractivity contribution >= 4 is 32.4 Å². The van der Waals surface area contributed by atoms with Crippen molar-refractivity contribution in [2.45, 2.75) is 50.8 Å². The van der Waals surface area contributed by atoms with Gasteiger partial charge in [-0.2, -0.15) is 0 Å². The third-order valence-corrected chi connectivity index (χ3v) is 9.26. The Kier molecular flexibility index (Phi) is 8.36. The van der Waals surface area contributed by atoms with Crippen LogP contribution in [0.25, 0.3) is 10.4 Å². The van der Waals surface area contributed by atoms with E-state index in [4.69, 9.17) is 4.74 Å². The topological polar surface area (TPSA) is 101 Å². The van der Waals surface area contributed by atoms with Crippen LogP contribution in [0.15, 0.2) is 23.1 Å². The lowest BCUT2D eigenvalue weighted by Gasteiger charge is -2.26. The maximum Gasteiger partial charge on any atom is 0.240 e. The van der Waals surface area contributed by atoms with Crippen molar-refractivity contribution < 1.29 is 17.9 Å². The van der Waals surface area contributed by atoms with Crippen molar-refractivity contribution in [2.75, 3.05) is 44.7 Å². The molecule has 186 valence electrons. The van der Waals surface area contributed by atoms with Crippen LogP contribution in [0.2, 0.25) is 0 Å². The first-order valence-electron chi connectivity index (χ1n) is 12.0. The van der Waals surface area contributed by atoms with Crippen LogP contribution >= 0.6 is 11.3 Å². The van der Waals surface area contributed by atoms with E-state index in [1.165, 1.54) is 11.3 Å². The van der Waals surface area contributed by atoms with Crippen LogP contribution in [0.3, 0.4) is 0 Å². The number of nitrogens with zero attached hydrogens (tertiary/aromatic N) is 2. The zero-order valence-electron chi connectivity index (χ0n) is 19.9. The zero-order chi connectivity index (χ0) is 24.1. The monoisotopic (exact) mass is 506 g/mol. The molecule has 1 aromatic carbocycles. The molecule has 2 fully saturated rings. The number of amides is 1. The van der Waals surface area contributed by atoms with Crippen molar-refractivity contribution in [3.8, 4) is 10.4 Å². The maximum absolute atomic E-state index is 13.1. The van der Waals surface area contributed by atoms with E-state index in [1.54, 1.807) is 13.0 Å². The van der Waals surface area contributed by atoms with E-state index in [-0.39, 0.29) is 16.7 Å². The minimum absolute atomic E-state index is 0.0336. The van der Waals surface area contributed by atoms with Gasteiger partial charge in [0.25, 0.3) is 0 Å². The molecule has 10 heteroatoms. The highest BCUT2D eigenvalue weighted by Crippen LogP contribution is 2.35. The predicted molar refractivity (Wildman–Crippen MR) is 135 cm³/mol. The second-order valence-corrected chi connectivity index (χ2v) is 11.8. The Morgan fingerprint density at radius 1 is 1.21 bits per heavy atom. The SMILES string of the molecule is Cc1ccc(-c2sc(NC(=O)C3CCCC3)nc2C)cc1S(=O)(=O)NCCCN1CCOCC1. The van der Waals surface area contributed by atoms with Gasteiger partial charge in [-0.3, -0.25) is 9.69 Å². The third-order valence-electron chi connectivity index (χ3n) is 6.54. The first-order chi connectivity index (χ1) is 16.3. The molecule has 4 rings (SSSR count). The van der Waals surface area contributed by atoms with Gasteiger partial charge in [0, 0.05) is 25.6 Å². The molecular weight excluding hydrogens is 472 g/mol. The van der Waals surface area contributed by atoms with Crippen molar-refractivity contribution in [1.82, 2.24) is 14.6 Å². The summed E-state index contributed by atoms with van der Waals surface area (Å²) >= 11 is 1.39. The quantitative estimate of drug-likeness (QED) is 0.505. The van der Waals surface area contributed by atoms with Crippen molar-refractivity contribution in [3.63, 3.8) is 0 Å². The van der Waals surface area contributed by atoms with E-state index in [1.807, 2.05) is 19.1 Å². The number of anilines is 1. The fourth-order valence-corrected chi connectivity index (χ4v) is 6.86. The molecular formula is C24H34N4O4S2. The molecule has 1 aliphatic carbocycles. The lowest BCUT2D eigenvalue weighted by atomic mass is 10.1. The maximum atomic E-state index is 13.1. The predicted octanol–water partition coefficient (Wildman–Crippen LogP) is 3.56. The molecule has 34 heavy (non-hydrogen) atoms. The van der Waals surface area contributed by atoms with Crippen LogP contribution in [0.1, 0.15) is 43.4 Å². The number of benzene rings is 1. The van der Waals surface area contributed by atoms with Gasteiger partial charge >= 0.3 is 0 Å². The van der Waals surface area contributed by atoms with Gasteiger partial charge in [-0.05, 0) is 56.8 Å². The highest BCUT2D eigenvalue weighted by molar-refractivity contribution is 7.89. The van der Waals surface area contributed by atoms with Crippen molar-refractivity contribution in [1.29, 1.82) is 0 Å². The summed E-state index contributed by atoms with van der Waals surface area (Å²) in [6.45, 7) is 8.19. The van der Waals surface area contributed by atoms with Gasteiger partial charge < -0.3 is 10.1 Å². The molecule has 1 aromatic heterocycles. The van der Waals surface area contributed by atoms with E-state index < -0.39 is 10.0 Å². The molecule has 0 atom stereocenters. The smallest absolute Gasteiger partial charge is 0.240 e. The molecule has 2 aliphatic rings. The summed E-state index contributed by atoms with van der Waals surface area (Å²) in [5, 5.41) is 3.52. The Hall–Kier alpha value is -1.85. The highest BCUT2D eigenvalue weighted by atomic mass is 32.2. The number of aromatic nitrogens is 1. The molecule has 2 aromatic rings. The molecule has 0 bridgehead atoms. The minimum Gasteiger partial charge on any atom is -0.379 e. The van der Waals surface area contributed by atoms with Crippen molar-refractivity contribution in [3.05, 3.63) is 29.5 Å². The third kappa shape index (κ3) is 6.23. The van der Waals surface area contributed by atoms with Gasteiger partial charge in [0.05, 0.1) is 28.7 Å². The summed E-state index contributed by atoms with van der Waals surface area (Å²) in [6.07, 6.45) is 4.81. The second kappa shape index (κ2) is 11.3. The number of nitrogens with one attached hydrogen (secondary N) is 2. The number of carbonyl (C=O) groups excluding carboxylic acids is 1. The number of ether oxygens (including phenoxy) is 1. The molecule has 1 saturated heterocycles. The van der Waals surface area contributed by atoms with Crippen LogP contribution in [-0.2, 0) is 19.6 Å². The number of thiazole rings is 1. The minimum atomic E-state index is -3.64. The van der Waals surface area contributed by atoms with Gasteiger partial charge in [-0.15, -0.1) is 0 Å². The summed E-state index contributed by atoms with van der Waals surface area (Å²) in [6, 6.07) is 5.45. The number of rotatable bonds is 9. The lowest BCUT2D eigenvalue weighted by Crippen LogP contribution is -2.38. The largest absolute Gasteiger partial charge is 0.379 e. The van der Waals surface area contributed by atoms with Crippen LogP contribution in [0, 0.1) is 19.8 Å². The van der Waals surface area contributed by atoms with Gasteiger partial charge in [0.15, 0.2) is 5.13 Å². The molecule has 0 unspecified atom stereocenters. The first-order valence-corrected chi connectivity index (χ1v) is 14.3. The summed E-state index contributed by atoms with van der Waals surface area (Å²) in [5.74, 6) is 0.101. The molecule has 1 saturated carbocycles. The van der Waals surface area contributed by atoms with E-state index in [9.17, 15) is 13.2 Å². The molecule has 1 aliphatic heterocycles. The van der Waals surface area contributed by atoms with Crippen LogP contribution < -0.4 is 10.0 Å². The van der Waals surface area contributed by atoms with E-state index in [2.05, 4.69) is 19.9 Å². The van der Waals surface area contributed by atoms with E-state index in [0.29, 0.717) is 17.2 Å². The highest BCUT2D eigenvalue weighted by Gasteiger charge is 2.24. The average molecular weight is 507 g/mol. The second-order valence-electron chi connectivity index (χ2n) is 9.09. The number of sulfonamides is 1. The molecule has 8 nitrogen and oxygen atoms in total. The lowest BCUT2D eigenvalue weighted by molar-refractivity contribution is -0.119. The average Bonchev–Trinajstić information content (AvgIpc) is 3.48. The van der Waals surface area contributed by atoms with Crippen molar-refractivity contribution in [2.24, 2.45) is 5.92 Å². The van der Waals surface area contributed by atoms with Gasteiger partial charge in [-0.25, -0.2) is 18.1 Å². The van der Waals surface area contributed by atoms with Gasteiger partial charge in [-0.1, -0.05) is 36.3 Å². The summed E-state index contributed by atoms with van der Waals surface area (Å²) in [7, 11) is -3.64. The molecule has 2 N–H and O–H groups in total. The number of hydrogen-bond acceptors (Lipinski definition) is 7. The first kappa shape index (κ1) is 25.2. The number of carbonyl (C=O) groups is 1. The summed E-state index contributed by atoms with van der Waals surface area (Å²) < 4.78 is 34.2. The Morgan fingerprint density at radius 3 is 2.68 bits per heavy atom. The number of hydrogen-bond donors (Lipinski definition) is 2. The standard InChI is InChI=1S/C24H34N4O4S2/c1-17-8-9-20(22-18(2)26-24(33-22)27-23(29)19-6-3-4-7-19)16-21(17)34(30,31)25-10-5-11-28-12-14-32-15-13-28/h8-9,16,19,25H,3-7,10-15H2,1-2H3,(H,26,27,29). The number of morpholine rings is 1. The summed E-state index contributed by atoms with van der Waals surface area (Å²) in [5.41, 5.74) is 2.26. The normalized spacial score (nSPS) is 17.8. The van der Waals surface area contributed by atoms with E-state index >= 15 is 0 Å². The Bertz CT molecular complexity index is 1100. The Labute approximate surface area is 206 Å². The molecule has 2 heterocycles. The van der Waals surface area contributed by atoms with Gasteiger partial charge in [0.2, 0.25) is 15.9 Å². The summed E-state index contributed by atoms with van der Waals surface area (Å²) in [4.78, 5) is 20.4. The van der Waals surface area contributed by atoms with Crippen LogP contribution in [0.4, 0.5) is 5.13 Å². The number of aryl methyl sites for hydroxylation is 2. The fourth-order valence-electron chi connectivity index (χ4n) is 4.56. The van der Waals surface area contributed by atoms with Crippen LogP contribution in [-0.4, -0.2) is 63.6 Å². The molecule has 0 spiro atoms. The Morgan fingerprint density at radius 2 is 1.94 bits per heavy atom. The van der Waals surface area contributed by atoms with Crippen LogP contribution in [0.5, 0.6) is 0 Å². The Balaban J connectivity index is 1.42. The van der Waals surface area contributed by atoms with Gasteiger partial charge in [0.1, 0.15) is 0 Å². The van der Waals surface area contributed by atoms with E-state index in [0.717, 1.165) is 81.1 Å². The zero-order valence-corrected chi connectivity index (χ0v) is 21.6. The molecule has 1 amide bonds.